The lowest BCUT2D eigenvalue weighted by molar-refractivity contribution is -0.111. The van der Waals surface area contributed by atoms with Crippen molar-refractivity contribution in [1.82, 2.24) is 14.5 Å². The Hall–Kier alpha value is -4.33. The first kappa shape index (κ1) is 21.9. The van der Waals surface area contributed by atoms with E-state index >= 15 is 0 Å². The third-order valence-electron chi connectivity index (χ3n) is 5.24. The minimum absolute atomic E-state index is 0.0546. The molecule has 0 fully saturated rings. The van der Waals surface area contributed by atoms with Crippen LogP contribution in [0.25, 0.3) is 22.0 Å². The van der Waals surface area contributed by atoms with Crippen LogP contribution < -0.4 is 15.6 Å². The normalized spacial score (nSPS) is 10.8. The van der Waals surface area contributed by atoms with Gasteiger partial charge in [0, 0.05) is 41.6 Å². The molecule has 0 atom stereocenters. The fraction of sp³-hybridized carbons (Fsp3) is 0.120. The highest BCUT2D eigenvalue weighted by atomic mass is 19.1. The fourth-order valence-electron chi connectivity index (χ4n) is 3.59. The number of carbonyl (C=O) groups excluding carboxylic acids is 1. The molecule has 0 bridgehead atoms. The highest BCUT2D eigenvalue weighted by Crippen LogP contribution is 2.39. The Morgan fingerprint density at radius 1 is 1.18 bits per heavy atom. The molecule has 0 spiro atoms. The van der Waals surface area contributed by atoms with Gasteiger partial charge in [-0.05, 0) is 49.2 Å². The lowest BCUT2D eigenvalue weighted by atomic mass is 10.0. The van der Waals surface area contributed by atoms with E-state index in [0.29, 0.717) is 33.7 Å². The van der Waals surface area contributed by atoms with Gasteiger partial charge in [-0.2, -0.15) is 9.37 Å². The van der Waals surface area contributed by atoms with Crippen molar-refractivity contribution in [3.05, 3.63) is 89.0 Å². The quantitative estimate of drug-likeness (QED) is 0.357. The van der Waals surface area contributed by atoms with Crippen LogP contribution in [0.15, 0.2) is 66.2 Å². The van der Waals surface area contributed by atoms with E-state index in [1.54, 1.807) is 31.4 Å². The molecular formula is C25H21FN4O3. The monoisotopic (exact) mass is 444 g/mol. The molecule has 2 aromatic carbocycles. The van der Waals surface area contributed by atoms with Crippen molar-refractivity contribution in [2.45, 2.75) is 13.8 Å². The highest BCUT2D eigenvalue weighted by Gasteiger charge is 2.18. The molecular weight excluding hydrogens is 423 g/mol. The number of halogens is 1. The fourth-order valence-corrected chi connectivity index (χ4v) is 3.59. The Kier molecular flexibility index (Phi) is 5.74. The largest absolute Gasteiger partial charge is 0.456 e. The van der Waals surface area contributed by atoms with Gasteiger partial charge < -0.3 is 14.6 Å². The molecule has 4 rings (SSSR count). The standard InChI is InChI=1S/C25H21FN4O3/c1-5-21(31)28-16-9-10-20(33-23-14(2)7-6-8-15(23)3)17(11-16)19-13-30(4)24(32)22-18(19)12-27-25(26)29-22/h5-13H,1H2,2-4H3,(H,28,31). The van der Waals surface area contributed by atoms with Crippen molar-refractivity contribution in [3.8, 4) is 22.6 Å². The first-order chi connectivity index (χ1) is 15.8. The number of carbonyl (C=O) groups is 1. The van der Waals surface area contributed by atoms with Crippen molar-refractivity contribution in [1.29, 1.82) is 0 Å². The maximum absolute atomic E-state index is 13.7. The summed E-state index contributed by atoms with van der Waals surface area (Å²) in [6.45, 7) is 7.36. The molecule has 1 N–H and O–H groups in total. The lowest BCUT2D eigenvalue weighted by Gasteiger charge is -2.17. The number of ether oxygens (including phenoxy) is 1. The van der Waals surface area contributed by atoms with Crippen molar-refractivity contribution >= 4 is 22.5 Å². The van der Waals surface area contributed by atoms with Gasteiger partial charge in [-0.15, -0.1) is 0 Å². The SMILES string of the molecule is C=CC(=O)Nc1ccc(Oc2c(C)cccc2C)c(-c2cn(C)c(=O)c3nc(F)ncc23)c1. The van der Waals surface area contributed by atoms with Crippen LogP contribution in [0.2, 0.25) is 0 Å². The molecule has 33 heavy (non-hydrogen) atoms. The molecule has 7 nitrogen and oxygen atoms in total. The summed E-state index contributed by atoms with van der Waals surface area (Å²) < 4.78 is 21.4. The third kappa shape index (κ3) is 4.23. The van der Waals surface area contributed by atoms with Gasteiger partial charge >= 0.3 is 6.08 Å². The highest BCUT2D eigenvalue weighted by molar-refractivity contribution is 6.01. The first-order valence-corrected chi connectivity index (χ1v) is 10.1. The Labute approximate surface area is 189 Å². The van der Waals surface area contributed by atoms with Gasteiger partial charge in [-0.1, -0.05) is 24.8 Å². The summed E-state index contributed by atoms with van der Waals surface area (Å²) in [5.74, 6) is 0.798. The van der Waals surface area contributed by atoms with E-state index in [1.165, 1.54) is 16.8 Å². The molecule has 0 saturated carbocycles. The van der Waals surface area contributed by atoms with E-state index in [2.05, 4.69) is 21.9 Å². The molecule has 8 heteroatoms. The van der Waals surface area contributed by atoms with Crippen molar-refractivity contribution in [2.24, 2.45) is 7.05 Å². The number of rotatable bonds is 5. The number of aryl methyl sites for hydroxylation is 3. The van der Waals surface area contributed by atoms with Gasteiger partial charge in [-0.3, -0.25) is 9.59 Å². The molecule has 0 aliphatic carbocycles. The summed E-state index contributed by atoms with van der Waals surface area (Å²) in [4.78, 5) is 31.8. The van der Waals surface area contributed by atoms with Crippen LogP contribution >= 0.6 is 0 Å². The zero-order valence-electron chi connectivity index (χ0n) is 18.3. The predicted octanol–water partition coefficient (Wildman–Crippen LogP) is 4.67. The molecule has 4 aromatic rings. The Morgan fingerprint density at radius 2 is 1.91 bits per heavy atom. The minimum atomic E-state index is -0.990. The zero-order chi connectivity index (χ0) is 23.7. The summed E-state index contributed by atoms with van der Waals surface area (Å²) >= 11 is 0. The molecule has 0 radical (unpaired) electrons. The number of aromatic nitrogens is 3. The molecule has 0 saturated heterocycles. The second-order valence-corrected chi connectivity index (χ2v) is 7.59. The van der Waals surface area contributed by atoms with Crippen molar-refractivity contribution < 1.29 is 13.9 Å². The number of pyridine rings is 1. The van der Waals surface area contributed by atoms with Crippen LogP contribution in [-0.2, 0) is 11.8 Å². The molecule has 1 amide bonds. The molecule has 166 valence electrons. The second-order valence-electron chi connectivity index (χ2n) is 7.59. The Balaban J connectivity index is 1.98. The van der Waals surface area contributed by atoms with Gasteiger partial charge in [0.1, 0.15) is 17.0 Å². The molecule has 2 heterocycles. The van der Waals surface area contributed by atoms with E-state index in [4.69, 9.17) is 4.74 Å². The molecule has 0 aliphatic rings. The van der Waals surface area contributed by atoms with Crippen LogP contribution in [0.5, 0.6) is 11.5 Å². The van der Waals surface area contributed by atoms with Gasteiger partial charge in [0.25, 0.3) is 5.56 Å². The summed E-state index contributed by atoms with van der Waals surface area (Å²) in [6, 6.07) is 11.0. The van der Waals surface area contributed by atoms with Gasteiger partial charge in [0.05, 0.1) is 0 Å². The number of hydrogen-bond acceptors (Lipinski definition) is 5. The number of para-hydroxylation sites is 1. The van der Waals surface area contributed by atoms with E-state index in [1.807, 2.05) is 32.0 Å². The van der Waals surface area contributed by atoms with E-state index in [9.17, 15) is 14.0 Å². The van der Waals surface area contributed by atoms with Crippen LogP contribution in [0, 0.1) is 19.9 Å². The Bertz CT molecular complexity index is 1460. The topological polar surface area (TPSA) is 86.1 Å². The zero-order valence-corrected chi connectivity index (χ0v) is 18.3. The maximum atomic E-state index is 13.7. The van der Waals surface area contributed by atoms with Crippen LogP contribution in [0.1, 0.15) is 11.1 Å². The van der Waals surface area contributed by atoms with E-state index < -0.39 is 11.6 Å². The number of fused-ring (bicyclic) bond motifs is 1. The average Bonchev–Trinajstić information content (AvgIpc) is 2.79. The second kappa shape index (κ2) is 8.66. The third-order valence-corrected chi connectivity index (χ3v) is 5.24. The number of nitrogens with zero attached hydrogens (tertiary/aromatic N) is 3. The summed E-state index contributed by atoms with van der Waals surface area (Å²) in [5.41, 5.74) is 2.98. The van der Waals surface area contributed by atoms with Crippen molar-refractivity contribution in [2.75, 3.05) is 5.32 Å². The van der Waals surface area contributed by atoms with Crippen LogP contribution in [0.3, 0.4) is 0 Å². The molecule has 2 aromatic heterocycles. The average molecular weight is 444 g/mol. The first-order valence-electron chi connectivity index (χ1n) is 10.1. The Morgan fingerprint density at radius 3 is 2.61 bits per heavy atom. The van der Waals surface area contributed by atoms with Crippen molar-refractivity contribution in [3.63, 3.8) is 0 Å². The lowest BCUT2D eigenvalue weighted by Crippen LogP contribution is -2.18. The van der Waals surface area contributed by atoms with E-state index in [0.717, 1.165) is 11.1 Å². The summed E-state index contributed by atoms with van der Waals surface area (Å²) in [6.07, 6.45) is 3.05. The molecule has 0 unspecified atom stereocenters. The van der Waals surface area contributed by atoms with Crippen LogP contribution in [-0.4, -0.2) is 20.4 Å². The molecule has 0 aliphatic heterocycles. The number of hydrogen-bond donors (Lipinski definition) is 1. The van der Waals surface area contributed by atoms with Gasteiger partial charge in [0.15, 0.2) is 0 Å². The maximum Gasteiger partial charge on any atom is 0.309 e. The number of anilines is 1. The number of benzene rings is 2. The minimum Gasteiger partial charge on any atom is -0.456 e. The van der Waals surface area contributed by atoms with E-state index in [-0.39, 0.29) is 11.4 Å². The van der Waals surface area contributed by atoms with Gasteiger partial charge in [0.2, 0.25) is 5.91 Å². The smallest absolute Gasteiger partial charge is 0.309 e. The summed E-state index contributed by atoms with van der Waals surface area (Å²) in [7, 11) is 1.56. The van der Waals surface area contributed by atoms with Crippen LogP contribution in [0.4, 0.5) is 10.1 Å². The predicted molar refractivity (Wildman–Crippen MR) is 125 cm³/mol. The number of nitrogens with one attached hydrogen (secondary N) is 1. The number of amides is 1. The van der Waals surface area contributed by atoms with Gasteiger partial charge in [-0.25, -0.2) is 4.98 Å². The summed E-state index contributed by atoms with van der Waals surface area (Å²) in [5, 5.41) is 3.09.